The van der Waals surface area contributed by atoms with Crippen molar-refractivity contribution in [3.8, 4) is 5.69 Å². The van der Waals surface area contributed by atoms with Gasteiger partial charge in [0.2, 0.25) is 0 Å². The number of halogens is 2. The minimum absolute atomic E-state index is 0.496. The summed E-state index contributed by atoms with van der Waals surface area (Å²) in [5.74, 6) is 0.496. The molecule has 2 rings (SSSR count). The van der Waals surface area contributed by atoms with Crippen molar-refractivity contribution in [2.24, 2.45) is 0 Å². The van der Waals surface area contributed by atoms with Crippen LogP contribution in [0.5, 0.6) is 0 Å². The lowest BCUT2D eigenvalue weighted by atomic mass is 10.2. The van der Waals surface area contributed by atoms with Crippen molar-refractivity contribution < 1.29 is 0 Å². The Hall–Kier alpha value is -0.990. The summed E-state index contributed by atoms with van der Waals surface area (Å²) in [6.07, 6.45) is 3.86. The first-order valence-electron chi connectivity index (χ1n) is 5.64. The van der Waals surface area contributed by atoms with Crippen LogP contribution in [-0.2, 0) is 12.3 Å². The van der Waals surface area contributed by atoms with E-state index in [2.05, 4.69) is 12.0 Å². The molecule has 0 saturated carbocycles. The average molecular weight is 269 g/mol. The van der Waals surface area contributed by atoms with Gasteiger partial charge in [0.25, 0.3) is 0 Å². The summed E-state index contributed by atoms with van der Waals surface area (Å²) >= 11 is 11.9. The maximum atomic E-state index is 6.00. The van der Waals surface area contributed by atoms with Crippen LogP contribution in [0.1, 0.15) is 24.6 Å². The largest absolute Gasteiger partial charge is 0.237 e. The van der Waals surface area contributed by atoms with Gasteiger partial charge in [-0.2, -0.15) is 5.10 Å². The number of aromatic nitrogens is 2. The Balaban J connectivity index is 2.47. The van der Waals surface area contributed by atoms with Crippen molar-refractivity contribution >= 4 is 23.2 Å². The molecule has 0 bridgehead atoms. The molecule has 0 spiro atoms. The maximum Gasteiger partial charge on any atom is 0.0663 e. The van der Waals surface area contributed by atoms with E-state index in [4.69, 9.17) is 23.2 Å². The summed E-state index contributed by atoms with van der Waals surface area (Å²) in [6.45, 7) is 2.15. The molecule has 0 N–H and O–H groups in total. The minimum atomic E-state index is 0.496. The van der Waals surface area contributed by atoms with Crippen LogP contribution < -0.4 is 0 Å². The predicted molar refractivity (Wildman–Crippen MR) is 72.1 cm³/mol. The molecule has 4 heteroatoms. The third-order valence-electron chi connectivity index (χ3n) is 2.64. The number of alkyl halides is 1. The molecule has 2 aromatic rings. The zero-order valence-corrected chi connectivity index (χ0v) is 11.2. The number of hydrogen-bond acceptors (Lipinski definition) is 1. The second kappa shape index (κ2) is 5.56. The molecule has 0 unspecified atom stereocenters. The zero-order valence-electron chi connectivity index (χ0n) is 9.66. The summed E-state index contributed by atoms with van der Waals surface area (Å²) in [5, 5.41) is 5.11. The highest BCUT2D eigenvalue weighted by Gasteiger charge is 2.10. The molecule has 0 aliphatic carbocycles. The lowest BCUT2D eigenvalue weighted by molar-refractivity contribution is 0.771. The summed E-state index contributed by atoms with van der Waals surface area (Å²) in [7, 11) is 0. The van der Waals surface area contributed by atoms with Crippen LogP contribution in [0.25, 0.3) is 5.69 Å². The van der Waals surface area contributed by atoms with Crippen molar-refractivity contribution in [1.82, 2.24) is 9.78 Å². The van der Waals surface area contributed by atoms with Crippen molar-refractivity contribution in [3.63, 3.8) is 0 Å². The fourth-order valence-corrected chi connectivity index (χ4v) is 2.26. The molecule has 1 aromatic heterocycles. The lowest BCUT2D eigenvalue weighted by Gasteiger charge is -2.08. The van der Waals surface area contributed by atoms with Crippen LogP contribution in [0.2, 0.25) is 5.02 Å². The normalized spacial score (nSPS) is 10.8. The van der Waals surface area contributed by atoms with E-state index >= 15 is 0 Å². The van der Waals surface area contributed by atoms with Crippen molar-refractivity contribution in [1.29, 1.82) is 0 Å². The molecule has 0 aliphatic heterocycles. The smallest absolute Gasteiger partial charge is 0.0663 e. The number of nitrogens with zero attached hydrogens (tertiary/aromatic N) is 2. The van der Waals surface area contributed by atoms with E-state index in [1.54, 1.807) is 0 Å². The summed E-state index contributed by atoms with van der Waals surface area (Å²) in [6, 6.07) is 7.69. The van der Waals surface area contributed by atoms with E-state index in [0.717, 1.165) is 24.1 Å². The van der Waals surface area contributed by atoms with Crippen LogP contribution in [0.4, 0.5) is 0 Å². The number of rotatable bonds is 4. The molecule has 0 atom stereocenters. The van der Waals surface area contributed by atoms with Gasteiger partial charge in [-0.15, -0.1) is 11.6 Å². The number of benzene rings is 1. The standard InChI is InChI=1S/C13H14Cl2N2/c1-2-4-13-10(8-14)9-16-17(13)12-6-3-5-11(15)7-12/h3,5-7,9H,2,4,8H2,1H3. The maximum absolute atomic E-state index is 6.00. The van der Waals surface area contributed by atoms with Crippen molar-refractivity contribution in [2.75, 3.05) is 0 Å². The molecule has 1 aromatic carbocycles. The molecule has 17 heavy (non-hydrogen) atoms. The van der Waals surface area contributed by atoms with E-state index < -0.39 is 0 Å². The van der Waals surface area contributed by atoms with Crippen LogP contribution >= 0.6 is 23.2 Å². The topological polar surface area (TPSA) is 17.8 Å². The van der Waals surface area contributed by atoms with E-state index in [9.17, 15) is 0 Å². The molecule has 1 heterocycles. The van der Waals surface area contributed by atoms with Crippen LogP contribution in [0.15, 0.2) is 30.5 Å². The Morgan fingerprint density at radius 2 is 2.18 bits per heavy atom. The van der Waals surface area contributed by atoms with E-state index in [1.807, 2.05) is 35.1 Å². The molecule has 90 valence electrons. The highest BCUT2D eigenvalue weighted by molar-refractivity contribution is 6.30. The first-order chi connectivity index (χ1) is 8.26. The fraction of sp³-hybridized carbons (Fsp3) is 0.308. The summed E-state index contributed by atoms with van der Waals surface area (Å²) in [5.41, 5.74) is 3.25. The van der Waals surface area contributed by atoms with Gasteiger partial charge in [-0.3, -0.25) is 0 Å². The zero-order chi connectivity index (χ0) is 12.3. The molecular formula is C13H14Cl2N2. The van der Waals surface area contributed by atoms with Gasteiger partial charge < -0.3 is 0 Å². The van der Waals surface area contributed by atoms with Gasteiger partial charge >= 0.3 is 0 Å². The summed E-state index contributed by atoms with van der Waals surface area (Å²) < 4.78 is 1.92. The van der Waals surface area contributed by atoms with Gasteiger partial charge in [0, 0.05) is 16.3 Å². The SMILES string of the molecule is CCCc1c(CCl)cnn1-c1cccc(Cl)c1. The monoisotopic (exact) mass is 268 g/mol. The second-order valence-electron chi connectivity index (χ2n) is 3.89. The molecular weight excluding hydrogens is 255 g/mol. The van der Waals surface area contributed by atoms with Crippen LogP contribution in [-0.4, -0.2) is 9.78 Å². The Bertz CT molecular complexity index is 506. The third-order valence-corrected chi connectivity index (χ3v) is 3.16. The van der Waals surface area contributed by atoms with Gasteiger partial charge in [0.1, 0.15) is 0 Å². The van der Waals surface area contributed by atoms with Gasteiger partial charge in [0.05, 0.1) is 17.8 Å². The van der Waals surface area contributed by atoms with E-state index in [-0.39, 0.29) is 0 Å². The van der Waals surface area contributed by atoms with Gasteiger partial charge in [-0.1, -0.05) is 31.0 Å². The minimum Gasteiger partial charge on any atom is -0.237 e. The summed E-state index contributed by atoms with van der Waals surface area (Å²) in [4.78, 5) is 0. The van der Waals surface area contributed by atoms with E-state index in [1.165, 1.54) is 5.69 Å². The van der Waals surface area contributed by atoms with Crippen molar-refractivity contribution in [2.45, 2.75) is 25.6 Å². The first kappa shape index (κ1) is 12.5. The third kappa shape index (κ3) is 2.64. The molecule has 0 radical (unpaired) electrons. The fourth-order valence-electron chi connectivity index (χ4n) is 1.85. The highest BCUT2D eigenvalue weighted by atomic mass is 35.5. The Morgan fingerprint density at radius 1 is 1.35 bits per heavy atom. The molecule has 2 nitrogen and oxygen atoms in total. The quantitative estimate of drug-likeness (QED) is 0.760. The Morgan fingerprint density at radius 3 is 2.82 bits per heavy atom. The first-order valence-corrected chi connectivity index (χ1v) is 6.55. The Kier molecular flexibility index (Phi) is 4.08. The Labute approximate surface area is 111 Å². The van der Waals surface area contributed by atoms with Gasteiger partial charge in [-0.05, 0) is 24.6 Å². The molecule has 0 fully saturated rings. The van der Waals surface area contributed by atoms with Gasteiger partial charge in [-0.25, -0.2) is 4.68 Å². The second-order valence-corrected chi connectivity index (χ2v) is 4.60. The van der Waals surface area contributed by atoms with E-state index in [0.29, 0.717) is 10.9 Å². The van der Waals surface area contributed by atoms with Gasteiger partial charge in [0.15, 0.2) is 0 Å². The number of hydrogen-bond donors (Lipinski definition) is 0. The highest BCUT2D eigenvalue weighted by Crippen LogP contribution is 2.20. The van der Waals surface area contributed by atoms with Crippen LogP contribution in [0, 0.1) is 0 Å². The van der Waals surface area contributed by atoms with Crippen LogP contribution in [0.3, 0.4) is 0 Å². The lowest BCUT2D eigenvalue weighted by Crippen LogP contribution is -2.03. The molecule has 0 saturated heterocycles. The van der Waals surface area contributed by atoms with Crippen molar-refractivity contribution in [3.05, 3.63) is 46.7 Å². The molecule has 0 amide bonds. The molecule has 0 aliphatic rings. The average Bonchev–Trinajstić information content (AvgIpc) is 2.72. The predicted octanol–water partition coefficient (Wildman–Crippen LogP) is 4.22.